The molecule has 112 valence electrons. The highest BCUT2D eigenvalue weighted by Crippen LogP contribution is 2.40. The van der Waals surface area contributed by atoms with Gasteiger partial charge in [-0.2, -0.15) is 0 Å². The van der Waals surface area contributed by atoms with Crippen LogP contribution >= 0.6 is 0 Å². The summed E-state index contributed by atoms with van der Waals surface area (Å²) in [6, 6.07) is 26.8. The Balaban J connectivity index is 2.00. The minimum atomic E-state index is 1.30. The van der Waals surface area contributed by atoms with Gasteiger partial charge in [0.25, 0.3) is 0 Å². The molecule has 0 N–H and O–H groups in total. The van der Waals surface area contributed by atoms with E-state index in [1.165, 1.54) is 54.4 Å². The van der Waals surface area contributed by atoms with Crippen LogP contribution in [0.3, 0.4) is 0 Å². The summed E-state index contributed by atoms with van der Waals surface area (Å²) in [5.74, 6) is 0. The summed E-state index contributed by atoms with van der Waals surface area (Å²) in [6.07, 6.45) is 0. The molecule has 2 heterocycles. The molecule has 0 saturated heterocycles. The minimum absolute atomic E-state index is 1.30. The summed E-state index contributed by atoms with van der Waals surface area (Å²) >= 11 is 0. The Morgan fingerprint density at radius 3 is 2.08 bits per heavy atom. The number of benzene rings is 4. The van der Waals surface area contributed by atoms with Crippen molar-refractivity contribution in [3.05, 3.63) is 78.4 Å². The van der Waals surface area contributed by atoms with Gasteiger partial charge in [0.1, 0.15) is 0 Å². The predicted molar refractivity (Wildman–Crippen MR) is 103 cm³/mol. The third kappa shape index (κ3) is 1.36. The molecule has 0 aliphatic rings. The van der Waals surface area contributed by atoms with Crippen molar-refractivity contribution in [2.45, 2.75) is 6.92 Å². The molecule has 0 bridgehead atoms. The lowest BCUT2D eigenvalue weighted by molar-refractivity contribution is 1.37. The Hall–Kier alpha value is -3.06. The number of aryl methyl sites for hydroxylation is 1. The van der Waals surface area contributed by atoms with Gasteiger partial charge >= 0.3 is 0 Å². The van der Waals surface area contributed by atoms with Gasteiger partial charge in [0.15, 0.2) is 0 Å². The van der Waals surface area contributed by atoms with E-state index in [-0.39, 0.29) is 0 Å². The normalized spacial score (nSPS) is 12.4. The highest BCUT2D eigenvalue weighted by Gasteiger charge is 2.17. The largest absolute Gasteiger partial charge is 0.308 e. The van der Waals surface area contributed by atoms with E-state index >= 15 is 0 Å². The number of fused-ring (bicyclic) bond motifs is 7. The molecule has 24 heavy (non-hydrogen) atoms. The molecular formula is C23H15N. The second-order valence-electron chi connectivity index (χ2n) is 6.77. The molecule has 1 nitrogen and oxygen atoms in total. The number of hydrogen-bond donors (Lipinski definition) is 0. The monoisotopic (exact) mass is 305 g/mol. The molecule has 0 fully saturated rings. The summed E-state index contributed by atoms with van der Waals surface area (Å²) in [5.41, 5.74) is 5.27. The van der Waals surface area contributed by atoms with E-state index in [0.717, 1.165) is 0 Å². The van der Waals surface area contributed by atoms with Gasteiger partial charge in [0.05, 0.1) is 16.6 Å². The fourth-order valence-electron chi connectivity index (χ4n) is 4.28. The molecule has 0 saturated carbocycles. The SMILES string of the molecule is Cc1ccc2c(c1)c1cccc3c4cc5ccccc5cc4n2c13. The van der Waals surface area contributed by atoms with Crippen molar-refractivity contribution in [3.63, 3.8) is 0 Å². The maximum atomic E-state index is 2.45. The lowest BCUT2D eigenvalue weighted by Crippen LogP contribution is -1.81. The zero-order valence-electron chi connectivity index (χ0n) is 13.4. The summed E-state index contributed by atoms with van der Waals surface area (Å²) in [4.78, 5) is 0. The zero-order chi connectivity index (χ0) is 15.8. The van der Waals surface area contributed by atoms with Crippen LogP contribution in [0.25, 0.3) is 48.9 Å². The van der Waals surface area contributed by atoms with Crippen molar-refractivity contribution in [2.75, 3.05) is 0 Å². The Bertz CT molecular complexity index is 1400. The van der Waals surface area contributed by atoms with Crippen LogP contribution in [0.15, 0.2) is 72.8 Å². The fraction of sp³-hybridized carbons (Fsp3) is 0.0435. The van der Waals surface area contributed by atoms with Gasteiger partial charge in [-0.25, -0.2) is 0 Å². The van der Waals surface area contributed by atoms with Gasteiger partial charge in [-0.3, -0.25) is 0 Å². The van der Waals surface area contributed by atoms with Crippen LogP contribution in [-0.4, -0.2) is 4.40 Å². The van der Waals surface area contributed by atoms with Crippen molar-refractivity contribution >= 4 is 48.9 Å². The molecule has 6 aromatic rings. The first-order chi connectivity index (χ1) is 11.8. The molecule has 0 aliphatic heterocycles. The van der Waals surface area contributed by atoms with E-state index in [1.54, 1.807) is 0 Å². The maximum Gasteiger partial charge on any atom is 0.0620 e. The van der Waals surface area contributed by atoms with Crippen molar-refractivity contribution in [2.24, 2.45) is 0 Å². The minimum Gasteiger partial charge on any atom is -0.308 e. The van der Waals surface area contributed by atoms with Gasteiger partial charge in [0.2, 0.25) is 0 Å². The summed E-state index contributed by atoms with van der Waals surface area (Å²) < 4.78 is 2.45. The molecule has 0 aliphatic carbocycles. The molecule has 2 aromatic heterocycles. The first-order valence-electron chi connectivity index (χ1n) is 8.38. The van der Waals surface area contributed by atoms with Crippen LogP contribution in [0.5, 0.6) is 0 Å². The average molecular weight is 305 g/mol. The Morgan fingerprint density at radius 2 is 1.29 bits per heavy atom. The summed E-state index contributed by atoms with van der Waals surface area (Å²) in [6.45, 7) is 2.17. The van der Waals surface area contributed by atoms with E-state index in [4.69, 9.17) is 0 Å². The third-order valence-corrected chi connectivity index (χ3v) is 5.34. The molecule has 0 unspecified atom stereocenters. The Labute approximate surface area is 139 Å². The fourth-order valence-corrected chi connectivity index (χ4v) is 4.28. The number of hydrogen-bond acceptors (Lipinski definition) is 0. The summed E-state index contributed by atoms with van der Waals surface area (Å²) in [5, 5.41) is 8.00. The predicted octanol–water partition coefficient (Wildman–Crippen LogP) is 6.30. The van der Waals surface area contributed by atoms with Crippen LogP contribution in [0.2, 0.25) is 0 Å². The standard InChI is InChI=1S/C23H15N/c1-14-9-10-21-19(11-14)17-7-4-8-18-20-12-15-5-2-3-6-16(15)13-22(20)24(21)23(17)18/h2-13H,1H3. The van der Waals surface area contributed by atoms with Crippen LogP contribution in [0.1, 0.15) is 5.56 Å². The average Bonchev–Trinajstić information content (AvgIpc) is 3.11. The van der Waals surface area contributed by atoms with E-state index in [2.05, 4.69) is 84.1 Å². The molecule has 0 radical (unpaired) electrons. The van der Waals surface area contributed by atoms with Crippen LogP contribution in [0, 0.1) is 6.92 Å². The molecule has 1 heteroatoms. The van der Waals surface area contributed by atoms with E-state index < -0.39 is 0 Å². The van der Waals surface area contributed by atoms with Gasteiger partial charge < -0.3 is 4.40 Å². The highest BCUT2D eigenvalue weighted by atomic mass is 14.9. The van der Waals surface area contributed by atoms with Crippen molar-refractivity contribution in [3.8, 4) is 0 Å². The number of aromatic nitrogens is 1. The molecule has 0 atom stereocenters. The van der Waals surface area contributed by atoms with Gasteiger partial charge in [0, 0.05) is 21.5 Å². The van der Waals surface area contributed by atoms with E-state index in [9.17, 15) is 0 Å². The first kappa shape index (κ1) is 12.4. The molecule has 0 amide bonds. The molecule has 4 aromatic carbocycles. The number of rotatable bonds is 0. The third-order valence-electron chi connectivity index (χ3n) is 5.34. The maximum absolute atomic E-state index is 2.45. The van der Waals surface area contributed by atoms with Crippen LogP contribution in [-0.2, 0) is 0 Å². The first-order valence-corrected chi connectivity index (χ1v) is 8.38. The van der Waals surface area contributed by atoms with E-state index in [1.807, 2.05) is 0 Å². The molecular weight excluding hydrogens is 290 g/mol. The highest BCUT2D eigenvalue weighted by molar-refractivity contribution is 6.24. The second-order valence-corrected chi connectivity index (χ2v) is 6.77. The van der Waals surface area contributed by atoms with Crippen molar-refractivity contribution in [1.82, 2.24) is 4.40 Å². The number of nitrogens with zero attached hydrogens (tertiary/aromatic N) is 1. The van der Waals surface area contributed by atoms with Crippen LogP contribution < -0.4 is 0 Å². The summed E-state index contributed by atoms with van der Waals surface area (Å²) in [7, 11) is 0. The van der Waals surface area contributed by atoms with Gasteiger partial charge in [-0.15, -0.1) is 0 Å². The Morgan fingerprint density at radius 1 is 0.583 bits per heavy atom. The van der Waals surface area contributed by atoms with E-state index in [0.29, 0.717) is 0 Å². The zero-order valence-corrected chi connectivity index (χ0v) is 13.4. The molecule has 6 rings (SSSR count). The number of para-hydroxylation sites is 1. The van der Waals surface area contributed by atoms with Gasteiger partial charge in [-0.05, 0) is 42.0 Å². The lowest BCUT2D eigenvalue weighted by atomic mass is 10.0. The molecule has 0 spiro atoms. The van der Waals surface area contributed by atoms with Crippen LogP contribution in [0.4, 0.5) is 0 Å². The van der Waals surface area contributed by atoms with Crippen molar-refractivity contribution < 1.29 is 0 Å². The quantitative estimate of drug-likeness (QED) is 0.310. The van der Waals surface area contributed by atoms with Gasteiger partial charge in [-0.1, -0.05) is 54.1 Å². The second kappa shape index (κ2) is 4.07. The topological polar surface area (TPSA) is 4.41 Å². The smallest absolute Gasteiger partial charge is 0.0620 e. The Kier molecular flexibility index (Phi) is 2.10. The van der Waals surface area contributed by atoms with Crippen molar-refractivity contribution in [1.29, 1.82) is 0 Å². The lowest BCUT2D eigenvalue weighted by Gasteiger charge is -2.01.